The average molecular weight is 928 g/mol. The monoisotopic (exact) mass is 928 g/mol. The third kappa shape index (κ3) is 49.2. The van der Waals surface area contributed by atoms with Gasteiger partial charge < -0.3 is 19.8 Å². The predicted molar refractivity (Wildman–Crippen MR) is 281 cm³/mol. The van der Waals surface area contributed by atoms with E-state index in [1.807, 2.05) is 27.2 Å². The number of carbonyl (C=O) groups excluding carboxylic acids is 1. The number of quaternary nitrogens is 1. The number of aliphatic hydroxyl groups excluding tert-OH is 1. The van der Waals surface area contributed by atoms with Crippen LogP contribution < -0.4 is 5.32 Å². The van der Waals surface area contributed by atoms with Gasteiger partial charge in [-0.2, -0.15) is 0 Å². The first-order chi connectivity index (χ1) is 31.5. The quantitative estimate of drug-likeness (QED) is 0.0243. The van der Waals surface area contributed by atoms with Gasteiger partial charge in [0.1, 0.15) is 13.2 Å². The van der Waals surface area contributed by atoms with Crippen LogP contribution in [0.1, 0.15) is 200 Å². The topological polar surface area (TPSA) is 105 Å². The molecule has 0 aliphatic carbocycles. The Balaban J connectivity index is 4.13. The summed E-state index contributed by atoms with van der Waals surface area (Å²) in [5, 5.41) is 13.8. The lowest BCUT2D eigenvalue weighted by Gasteiger charge is -2.25. The molecule has 0 rings (SSSR count). The van der Waals surface area contributed by atoms with Gasteiger partial charge in [0.15, 0.2) is 0 Å². The number of nitrogens with one attached hydrogen (secondary N) is 1. The van der Waals surface area contributed by atoms with Crippen LogP contribution in [0.5, 0.6) is 0 Å². The number of hydrogen-bond donors (Lipinski definition) is 3. The minimum absolute atomic E-state index is 0.0497. The highest BCUT2D eigenvalue weighted by atomic mass is 31.2. The van der Waals surface area contributed by atoms with Crippen molar-refractivity contribution in [2.75, 3.05) is 40.9 Å². The number of unbranched alkanes of at least 4 members (excludes halogenated alkanes) is 19. The van der Waals surface area contributed by atoms with Crippen molar-refractivity contribution >= 4 is 13.7 Å². The van der Waals surface area contributed by atoms with Crippen molar-refractivity contribution in [1.29, 1.82) is 0 Å². The second kappa shape index (κ2) is 46.5. The van der Waals surface area contributed by atoms with Crippen molar-refractivity contribution in [2.24, 2.45) is 0 Å². The molecule has 65 heavy (non-hydrogen) atoms. The Morgan fingerprint density at radius 3 is 1.42 bits per heavy atom. The zero-order chi connectivity index (χ0) is 47.8. The molecule has 0 heterocycles. The molecular formula is C56H100N2O6P+. The molecule has 9 heteroatoms. The number of phosphoric ester groups is 1. The summed E-state index contributed by atoms with van der Waals surface area (Å²) >= 11 is 0. The van der Waals surface area contributed by atoms with E-state index in [0.717, 1.165) is 83.5 Å². The Labute approximate surface area is 400 Å². The SMILES string of the molecule is CC/C=C\C/C=C\C/C=C\C/C=C\C/C=C\CCCCCCCCCCCCCCCCCC(=O)NC(COP(=O)(O)OCC[N+](C)(C)C)C(O)/C=C/CC/C=C/CC/C=C/CCCC. The van der Waals surface area contributed by atoms with Gasteiger partial charge in [0.2, 0.25) is 5.91 Å². The normalized spacial score (nSPS) is 14.9. The van der Waals surface area contributed by atoms with Crippen LogP contribution in [0.3, 0.4) is 0 Å². The van der Waals surface area contributed by atoms with E-state index in [-0.39, 0.29) is 19.1 Å². The Morgan fingerprint density at radius 1 is 0.538 bits per heavy atom. The fourth-order valence-electron chi connectivity index (χ4n) is 6.91. The van der Waals surface area contributed by atoms with Gasteiger partial charge in [0.05, 0.1) is 39.9 Å². The molecule has 3 atom stereocenters. The predicted octanol–water partition coefficient (Wildman–Crippen LogP) is 15.5. The van der Waals surface area contributed by atoms with E-state index in [2.05, 4.69) is 104 Å². The number of aliphatic hydroxyl groups is 1. The molecule has 0 saturated carbocycles. The summed E-state index contributed by atoms with van der Waals surface area (Å²) in [6.45, 7) is 4.61. The Morgan fingerprint density at radius 2 is 0.938 bits per heavy atom. The van der Waals surface area contributed by atoms with E-state index in [1.54, 1.807) is 6.08 Å². The van der Waals surface area contributed by atoms with Gasteiger partial charge in [-0.25, -0.2) is 4.57 Å². The number of allylic oxidation sites excluding steroid dienone is 15. The van der Waals surface area contributed by atoms with Crippen LogP contribution >= 0.6 is 7.82 Å². The number of phosphoric acid groups is 1. The number of hydrogen-bond acceptors (Lipinski definition) is 5. The highest BCUT2D eigenvalue weighted by Gasteiger charge is 2.27. The van der Waals surface area contributed by atoms with Crippen LogP contribution in [0.4, 0.5) is 0 Å². The number of rotatable bonds is 46. The Kier molecular flexibility index (Phi) is 44.7. The smallest absolute Gasteiger partial charge is 0.387 e. The standard InChI is InChI=1S/C56H99N2O6P/c1-6-8-10-12-14-16-18-20-21-22-23-24-25-26-27-28-29-30-31-32-33-34-35-36-37-38-40-42-44-46-48-50-56(60)57-54(53-64-65(61,62)63-52-51-58(3,4)5)55(59)49-47-45-43-41-39-19-17-15-13-11-9-7-2/h8,10,13-16,20-21,23-24,26-27,39,41,47,49,54-55,59H,6-7,9,11-12,17-19,22,25,28-38,40,42-46,48,50-53H2,1-5H3,(H-,57,60,61,62)/p+1/b10-8-,15-13+,16-14-,21-20-,24-23-,27-26-,41-39+,49-47+. The summed E-state index contributed by atoms with van der Waals surface area (Å²) in [6, 6.07) is -0.873. The lowest BCUT2D eigenvalue weighted by molar-refractivity contribution is -0.870. The fraction of sp³-hybridized carbons (Fsp3) is 0.696. The van der Waals surface area contributed by atoms with Crippen LogP contribution in [-0.4, -0.2) is 73.4 Å². The maximum absolute atomic E-state index is 12.9. The van der Waals surface area contributed by atoms with Crippen molar-refractivity contribution in [3.63, 3.8) is 0 Å². The molecule has 8 nitrogen and oxygen atoms in total. The molecule has 1 amide bonds. The first-order valence-electron chi connectivity index (χ1n) is 26.1. The first kappa shape index (κ1) is 62.4. The molecule has 0 radical (unpaired) electrons. The van der Waals surface area contributed by atoms with Gasteiger partial charge in [0, 0.05) is 6.42 Å². The molecular weight excluding hydrogens is 828 g/mol. The first-order valence-corrected chi connectivity index (χ1v) is 27.6. The van der Waals surface area contributed by atoms with Crippen molar-refractivity contribution in [2.45, 2.75) is 212 Å². The zero-order valence-corrected chi connectivity index (χ0v) is 43.3. The van der Waals surface area contributed by atoms with Crippen LogP contribution in [0.25, 0.3) is 0 Å². The van der Waals surface area contributed by atoms with Crippen molar-refractivity contribution in [3.8, 4) is 0 Å². The largest absolute Gasteiger partial charge is 0.472 e. The van der Waals surface area contributed by atoms with E-state index >= 15 is 0 Å². The lowest BCUT2D eigenvalue weighted by Crippen LogP contribution is -2.45. The molecule has 374 valence electrons. The van der Waals surface area contributed by atoms with Crippen LogP contribution in [0.2, 0.25) is 0 Å². The molecule has 0 bridgehead atoms. The summed E-state index contributed by atoms with van der Waals surface area (Å²) < 4.78 is 23.6. The average Bonchev–Trinajstić information content (AvgIpc) is 3.26. The van der Waals surface area contributed by atoms with E-state index < -0.39 is 20.0 Å². The third-order valence-electron chi connectivity index (χ3n) is 11.0. The number of carbonyl (C=O) groups is 1. The highest BCUT2D eigenvalue weighted by Crippen LogP contribution is 2.43. The van der Waals surface area contributed by atoms with Crippen LogP contribution in [0, 0.1) is 0 Å². The molecule has 3 unspecified atom stereocenters. The molecule has 0 saturated heterocycles. The molecule has 0 fully saturated rings. The third-order valence-corrected chi connectivity index (χ3v) is 12.0. The second-order valence-electron chi connectivity index (χ2n) is 18.5. The Hall–Kier alpha value is -2.58. The maximum atomic E-state index is 12.9. The summed E-state index contributed by atoms with van der Waals surface area (Å²) in [5.74, 6) is -0.196. The highest BCUT2D eigenvalue weighted by molar-refractivity contribution is 7.47. The van der Waals surface area contributed by atoms with Gasteiger partial charge in [0.25, 0.3) is 0 Å². The van der Waals surface area contributed by atoms with Gasteiger partial charge in [-0.1, -0.05) is 207 Å². The van der Waals surface area contributed by atoms with E-state index in [1.165, 1.54) is 96.3 Å². The van der Waals surface area contributed by atoms with Gasteiger partial charge in [-0.3, -0.25) is 13.8 Å². The lowest BCUT2D eigenvalue weighted by atomic mass is 10.0. The summed E-state index contributed by atoms with van der Waals surface area (Å²) in [5.41, 5.74) is 0. The van der Waals surface area contributed by atoms with Crippen molar-refractivity contribution in [3.05, 3.63) is 97.2 Å². The molecule has 0 aromatic heterocycles. The number of nitrogens with zero attached hydrogens (tertiary/aromatic N) is 1. The second-order valence-corrected chi connectivity index (χ2v) is 19.9. The summed E-state index contributed by atoms with van der Waals surface area (Å²) in [6.07, 6.45) is 66.5. The molecule has 0 aromatic rings. The van der Waals surface area contributed by atoms with Gasteiger partial charge in [-0.05, 0) is 83.5 Å². The Bertz CT molecular complexity index is 1370. The minimum Gasteiger partial charge on any atom is -0.387 e. The van der Waals surface area contributed by atoms with Gasteiger partial charge >= 0.3 is 7.82 Å². The van der Waals surface area contributed by atoms with Crippen LogP contribution in [0.15, 0.2) is 97.2 Å². The zero-order valence-electron chi connectivity index (χ0n) is 42.4. The van der Waals surface area contributed by atoms with Crippen LogP contribution in [-0.2, 0) is 18.4 Å². The minimum atomic E-state index is -4.36. The maximum Gasteiger partial charge on any atom is 0.472 e. The van der Waals surface area contributed by atoms with E-state index in [4.69, 9.17) is 9.05 Å². The molecule has 0 aliphatic heterocycles. The van der Waals surface area contributed by atoms with Crippen molar-refractivity contribution < 1.29 is 32.9 Å². The molecule has 0 aliphatic rings. The van der Waals surface area contributed by atoms with E-state index in [9.17, 15) is 19.4 Å². The van der Waals surface area contributed by atoms with E-state index in [0.29, 0.717) is 17.4 Å². The number of amides is 1. The number of likely N-dealkylation sites (N-methyl/N-ethyl adjacent to an activating group) is 1. The van der Waals surface area contributed by atoms with Crippen molar-refractivity contribution in [1.82, 2.24) is 5.32 Å². The molecule has 0 aromatic carbocycles. The summed E-state index contributed by atoms with van der Waals surface area (Å²) in [7, 11) is 1.53. The molecule has 0 spiro atoms. The summed E-state index contributed by atoms with van der Waals surface area (Å²) in [4.78, 5) is 23.2. The van der Waals surface area contributed by atoms with Gasteiger partial charge in [-0.15, -0.1) is 0 Å². The fourth-order valence-corrected chi connectivity index (χ4v) is 7.64. The molecule has 3 N–H and O–H groups in total.